The lowest BCUT2D eigenvalue weighted by Crippen LogP contribution is -2.42. The molecule has 17 heavy (non-hydrogen) atoms. The van der Waals surface area contributed by atoms with Crippen LogP contribution in [0.15, 0.2) is 12.4 Å². The first kappa shape index (κ1) is 14.1. The van der Waals surface area contributed by atoms with E-state index in [4.69, 9.17) is 0 Å². The third kappa shape index (κ3) is 4.82. The molecule has 0 aromatic carbocycles. The summed E-state index contributed by atoms with van der Waals surface area (Å²) in [4.78, 5) is 8.49. The zero-order valence-corrected chi connectivity index (χ0v) is 11.7. The van der Waals surface area contributed by atoms with Crippen LogP contribution in [-0.2, 0) is 6.42 Å². The molecule has 1 atom stereocenters. The molecule has 1 N–H and O–H groups in total. The molecular formula is C14H25N3. The summed E-state index contributed by atoms with van der Waals surface area (Å²) in [5.41, 5.74) is 2.41. The average molecular weight is 235 g/mol. The number of rotatable bonds is 5. The second-order valence-electron chi connectivity index (χ2n) is 5.73. The summed E-state index contributed by atoms with van der Waals surface area (Å²) in [6.07, 6.45) is 3.78. The van der Waals surface area contributed by atoms with Gasteiger partial charge < -0.3 is 5.32 Å². The number of hydrogen-bond donors (Lipinski definition) is 1. The third-order valence-electron chi connectivity index (χ3n) is 2.96. The Bertz CT molecular complexity index is 342. The van der Waals surface area contributed by atoms with Crippen LogP contribution in [0.5, 0.6) is 0 Å². The van der Waals surface area contributed by atoms with E-state index in [1.807, 2.05) is 6.92 Å². The Balaban J connectivity index is 2.72. The molecule has 1 aromatic heterocycles. The van der Waals surface area contributed by atoms with Crippen LogP contribution in [0, 0.1) is 12.3 Å². The Morgan fingerprint density at radius 3 is 2.53 bits per heavy atom. The minimum absolute atomic E-state index is 0.244. The Morgan fingerprint density at radius 2 is 2.00 bits per heavy atom. The molecule has 0 radical (unpaired) electrons. The third-order valence-corrected chi connectivity index (χ3v) is 2.96. The van der Waals surface area contributed by atoms with Crippen molar-refractivity contribution in [1.82, 2.24) is 15.3 Å². The van der Waals surface area contributed by atoms with Crippen molar-refractivity contribution in [2.24, 2.45) is 5.41 Å². The zero-order chi connectivity index (χ0) is 12.9. The molecule has 0 saturated heterocycles. The molecule has 1 aromatic rings. The SMILES string of the molecule is CCCNC(Cc1cc(C)ncn1)C(C)(C)C. The second kappa shape index (κ2) is 6.10. The molecule has 0 bridgehead atoms. The minimum atomic E-state index is 0.244. The van der Waals surface area contributed by atoms with Gasteiger partial charge >= 0.3 is 0 Å². The van der Waals surface area contributed by atoms with Crippen molar-refractivity contribution < 1.29 is 0 Å². The van der Waals surface area contributed by atoms with Gasteiger partial charge in [-0.05, 0) is 31.4 Å². The summed E-state index contributed by atoms with van der Waals surface area (Å²) in [6.45, 7) is 12.1. The highest BCUT2D eigenvalue weighted by atomic mass is 14.9. The Hall–Kier alpha value is -0.960. The Morgan fingerprint density at radius 1 is 1.29 bits per heavy atom. The highest BCUT2D eigenvalue weighted by Gasteiger charge is 2.24. The van der Waals surface area contributed by atoms with Gasteiger partial charge in [0.05, 0.1) is 0 Å². The van der Waals surface area contributed by atoms with Crippen LogP contribution in [0.3, 0.4) is 0 Å². The van der Waals surface area contributed by atoms with Gasteiger partial charge in [-0.3, -0.25) is 0 Å². The van der Waals surface area contributed by atoms with Gasteiger partial charge in [0.1, 0.15) is 6.33 Å². The fourth-order valence-electron chi connectivity index (χ4n) is 1.83. The molecule has 0 aliphatic heterocycles. The molecule has 1 heterocycles. The lowest BCUT2D eigenvalue weighted by atomic mass is 9.84. The first-order valence-electron chi connectivity index (χ1n) is 6.44. The van der Waals surface area contributed by atoms with Gasteiger partial charge in [-0.2, -0.15) is 0 Å². The predicted octanol–water partition coefficient (Wildman–Crippen LogP) is 2.74. The van der Waals surface area contributed by atoms with E-state index in [1.54, 1.807) is 6.33 Å². The maximum atomic E-state index is 4.35. The average Bonchev–Trinajstić information content (AvgIpc) is 2.22. The van der Waals surface area contributed by atoms with Crippen LogP contribution >= 0.6 is 0 Å². The van der Waals surface area contributed by atoms with E-state index >= 15 is 0 Å². The topological polar surface area (TPSA) is 37.8 Å². The summed E-state index contributed by atoms with van der Waals surface area (Å²) in [7, 11) is 0. The predicted molar refractivity (Wildman–Crippen MR) is 72.0 cm³/mol. The van der Waals surface area contributed by atoms with Gasteiger partial charge in [0.2, 0.25) is 0 Å². The van der Waals surface area contributed by atoms with Crippen LogP contribution in [0.2, 0.25) is 0 Å². The van der Waals surface area contributed by atoms with Gasteiger partial charge in [0.25, 0.3) is 0 Å². The summed E-state index contributed by atoms with van der Waals surface area (Å²) in [6, 6.07) is 2.53. The number of hydrogen-bond acceptors (Lipinski definition) is 3. The Kier molecular flexibility index (Phi) is 5.06. The van der Waals surface area contributed by atoms with Crippen LogP contribution < -0.4 is 5.32 Å². The largest absolute Gasteiger partial charge is 0.313 e. The standard InChI is InChI=1S/C14H25N3/c1-6-7-15-13(14(3,4)5)9-12-8-11(2)16-10-17-12/h8,10,13,15H,6-7,9H2,1-5H3. The van der Waals surface area contributed by atoms with Gasteiger partial charge in [-0.25, -0.2) is 9.97 Å². The number of aryl methyl sites for hydroxylation is 1. The first-order chi connectivity index (χ1) is 7.93. The van der Waals surface area contributed by atoms with Crippen molar-refractivity contribution in [3.05, 3.63) is 23.8 Å². The second-order valence-corrected chi connectivity index (χ2v) is 5.73. The molecule has 0 fully saturated rings. The summed E-state index contributed by atoms with van der Waals surface area (Å²) in [5, 5.41) is 3.62. The molecule has 3 heteroatoms. The summed E-state index contributed by atoms with van der Waals surface area (Å²) >= 11 is 0. The lowest BCUT2D eigenvalue weighted by molar-refractivity contribution is 0.265. The van der Waals surface area contributed by atoms with Crippen molar-refractivity contribution in [1.29, 1.82) is 0 Å². The van der Waals surface area contributed by atoms with Gasteiger partial charge in [-0.15, -0.1) is 0 Å². The maximum absolute atomic E-state index is 4.35. The number of nitrogens with one attached hydrogen (secondary N) is 1. The molecule has 1 unspecified atom stereocenters. The van der Waals surface area contributed by atoms with Crippen molar-refractivity contribution in [2.45, 2.75) is 53.5 Å². The summed E-state index contributed by atoms with van der Waals surface area (Å²) in [5.74, 6) is 0. The van der Waals surface area contributed by atoms with Gasteiger partial charge in [0, 0.05) is 23.9 Å². The quantitative estimate of drug-likeness (QED) is 0.852. The van der Waals surface area contributed by atoms with E-state index < -0.39 is 0 Å². The fraction of sp³-hybridized carbons (Fsp3) is 0.714. The molecule has 0 amide bonds. The van der Waals surface area contributed by atoms with Crippen molar-refractivity contribution in [3.63, 3.8) is 0 Å². The molecule has 0 saturated carbocycles. The van der Waals surface area contributed by atoms with E-state index in [2.05, 4.69) is 49.0 Å². The van der Waals surface area contributed by atoms with E-state index in [9.17, 15) is 0 Å². The highest BCUT2D eigenvalue weighted by molar-refractivity contribution is 5.08. The molecular weight excluding hydrogens is 210 g/mol. The van der Waals surface area contributed by atoms with E-state index in [-0.39, 0.29) is 5.41 Å². The first-order valence-corrected chi connectivity index (χ1v) is 6.44. The maximum Gasteiger partial charge on any atom is 0.115 e. The van der Waals surface area contributed by atoms with Crippen molar-refractivity contribution in [3.8, 4) is 0 Å². The lowest BCUT2D eigenvalue weighted by Gasteiger charge is -2.31. The minimum Gasteiger partial charge on any atom is -0.313 e. The van der Waals surface area contributed by atoms with Crippen molar-refractivity contribution >= 4 is 0 Å². The van der Waals surface area contributed by atoms with Crippen LogP contribution in [0.25, 0.3) is 0 Å². The fourth-order valence-corrected chi connectivity index (χ4v) is 1.83. The molecule has 0 aliphatic carbocycles. The van der Waals surface area contributed by atoms with E-state index in [0.29, 0.717) is 6.04 Å². The molecule has 0 spiro atoms. The van der Waals surface area contributed by atoms with E-state index in [0.717, 1.165) is 30.8 Å². The molecule has 1 rings (SSSR count). The van der Waals surface area contributed by atoms with Gasteiger partial charge in [0.15, 0.2) is 0 Å². The monoisotopic (exact) mass is 235 g/mol. The number of nitrogens with zero attached hydrogens (tertiary/aromatic N) is 2. The normalized spacial score (nSPS) is 13.7. The smallest absolute Gasteiger partial charge is 0.115 e. The van der Waals surface area contributed by atoms with Crippen LogP contribution in [-0.4, -0.2) is 22.6 Å². The number of aromatic nitrogens is 2. The molecule has 96 valence electrons. The summed E-state index contributed by atoms with van der Waals surface area (Å²) < 4.78 is 0. The Labute approximate surface area is 105 Å². The van der Waals surface area contributed by atoms with Crippen LogP contribution in [0.4, 0.5) is 0 Å². The zero-order valence-electron chi connectivity index (χ0n) is 11.7. The highest BCUT2D eigenvalue weighted by Crippen LogP contribution is 2.22. The molecule has 3 nitrogen and oxygen atoms in total. The van der Waals surface area contributed by atoms with Crippen molar-refractivity contribution in [2.75, 3.05) is 6.54 Å². The van der Waals surface area contributed by atoms with Crippen LogP contribution in [0.1, 0.15) is 45.5 Å². The van der Waals surface area contributed by atoms with Gasteiger partial charge in [-0.1, -0.05) is 27.7 Å². The molecule has 0 aliphatic rings. The van der Waals surface area contributed by atoms with E-state index in [1.165, 1.54) is 0 Å².